The molecular weight excluding hydrogens is 358 g/mol. The van der Waals surface area contributed by atoms with Gasteiger partial charge in [0.25, 0.3) is 0 Å². The van der Waals surface area contributed by atoms with Gasteiger partial charge in [-0.15, -0.1) is 0 Å². The highest BCUT2D eigenvalue weighted by Gasteiger charge is 2.14. The van der Waals surface area contributed by atoms with Crippen molar-refractivity contribution in [2.24, 2.45) is 0 Å². The van der Waals surface area contributed by atoms with Crippen LogP contribution in [0.5, 0.6) is 0 Å². The molecule has 0 N–H and O–H groups in total. The van der Waals surface area contributed by atoms with Gasteiger partial charge in [0.1, 0.15) is 0 Å². The van der Waals surface area contributed by atoms with Gasteiger partial charge in [-0.25, -0.2) is 0 Å². The third-order valence-corrected chi connectivity index (χ3v) is 5.32. The molecular formula is C22H14BrN. The van der Waals surface area contributed by atoms with Crippen LogP contribution in [0.2, 0.25) is 0 Å². The molecule has 0 spiro atoms. The van der Waals surface area contributed by atoms with Crippen molar-refractivity contribution in [3.8, 4) is 5.69 Å². The van der Waals surface area contributed by atoms with Gasteiger partial charge in [-0.3, -0.25) is 0 Å². The first-order valence-electron chi connectivity index (χ1n) is 8.00. The highest BCUT2D eigenvalue weighted by Crippen LogP contribution is 2.37. The Hall–Kier alpha value is -2.58. The summed E-state index contributed by atoms with van der Waals surface area (Å²) in [6.45, 7) is 0. The maximum Gasteiger partial charge on any atom is 0.0552 e. The molecule has 0 radical (unpaired) electrons. The second kappa shape index (κ2) is 5.22. The number of fused-ring (bicyclic) bond motifs is 4. The number of rotatable bonds is 1. The van der Waals surface area contributed by atoms with E-state index in [9.17, 15) is 0 Å². The molecule has 24 heavy (non-hydrogen) atoms. The van der Waals surface area contributed by atoms with E-state index in [1.165, 1.54) is 38.3 Å². The van der Waals surface area contributed by atoms with E-state index in [1.54, 1.807) is 0 Å². The predicted molar refractivity (Wildman–Crippen MR) is 106 cm³/mol. The minimum Gasteiger partial charge on any atom is -0.309 e. The second-order valence-electron chi connectivity index (χ2n) is 5.98. The normalized spacial score (nSPS) is 11.5. The zero-order valence-electron chi connectivity index (χ0n) is 12.9. The topological polar surface area (TPSA) is 4.93 Å². The fraction of sp³-hybridized carbons (Fsp3) is 0. The number of halogens is 1. The zero-order chi connectivity index (χ0) is 16.1. The van der Waals surface area contributed by atoms with Crippen molar-refractivity contribution in [1.82, 2.24) is 4.57 Å². The van der Waals surface area contributed by atoms with Crippen molar-refractivity contribution in [3.63, 3.8) is 0 Å². The van der Waals surface area contributed by atoms with E-state index in [-0.39, 0.29) is 0 Å². The first kappa shape index (κ1) is 13.8. The number of hydrogen-bond donors (Lipinski definition) is 0. The van der Waals surface area contributed by atoms with Gasteiger partial charge in [0.05, 0.1) is 16.7 Å². The van der Waals surface area contributed by atoms with E-state index in [2.05, 4.69) is 105 Å². The highest BCUT2D eigenvalue weighted by molar-refractivity contribution is 9.10. The Morgan fingerprint density at radius 3 is 2.17 bits per heavy atom. The molecule has 0 fully saturated rings. The second-order valence-corrected chi connectivity index (χ2v) is 6.84. The summed E-state index contributed by atoms with van der Waals surface area (Å²) in [6, 6.07) is 30.1. The minimum absolute atomic E-state index is 1.13. The van der Waals surface area contributed by atoms with Gasteiger partial charge in [-0.05, 0) is 29.7 Å². The average Bonchev–Trinajstić information content (AvgIpc) is 2.97. The molecule has 0 aliphatic carbocycles. The molecule has 2 heteroatoms. The summed E-state index contributed by atoms with van der Waals surface area (Å²) in [5.74, 6) is 0. The largest absolute Gasteiger partial charge is 0.309 e. The van der Waals surface area contributed by atoms with E-state index in [0.29, 0.717) is 0 Å². The van der Waals surface area contributed by atoms with E-state index < -0.39 is 0 Å². The number of nitrogens with zero attached hydrogens (tertiary/aromatic N) is 1. The van der Waals surface area contributed by atoms with Crippen molar-refractivity contribution < 1.29 is 0 Å². The molecule has 0 aliphatic heterocycles. The molecule has 114 valence electrons. The monoisotopic (exact) mass is 371 g/mol. The lowest BCUT2D eigenvalue weighted by atomic mass is 10.1. The van der Waals surface area contributed by atoms with Crippen LogP contribution in [0, 0.1) is 0 Å². The van der Waals surface area contributed by atoms with Gasteiger partial charge in [0.15, 0.2) is 0 Å². The lowest BCUT2D eigenvalue weighted by Crippen LogP contribution is -1.94. The molecule has 4 aromatic carbocycles. The van der Waals surface area contributed by atoms with E-state index >= 15 is 0 Å². The Bertz CT molecular complexity index is 1210. The molecule has 1 heterocycles. The number of hydrogen-bond acceptors (Lipinski definition) is 0. The standard InChI is InChI=1S/C22H14BrN/c23-18-11-6-14-21-22(18)17-10-3-4-12-20(17)24(21)19-13-5-8-15-7-1-2-9-16(15)19/h1-14H. The smallest absolute Gasteiger partial charge is 0.0552 e. The Kier molecular flexibility index (Phi) is 3.00. The van der Waals surface area contributed by atoms with Gasteiger partial charge >= 0.3 is 0 Å². The van der Waals surface area contributed by atoms with Crippen LogP contribution in [0.25, 0.3) is 38.3 Å². The van der Waals surface area contributed by atoms with Crippen LogP contribution < -0.4 is 0 Å². The summed E-state index contributed by atoms with van der Waals surface area (Å²) < 4.78 is 3.51. The molecule has 5 aromatic rings. The minimum atomic E-state index is 1.13. The third-order valence-electron chi connectivity index (χ3n) is 4.65. The Labute approximate surface area is 148 Å². The maximum atomic E-state index is 3.74. The van der Waals surface area contributed by atoms with Crippen LogP contribution in [0.3, 0.4) is 0 Å². The summed E-state index contributed by atoms with van der Waals surface area (Å²) >= 11 is 3.74. The highest BCUT2D eigenvalue weighted by atomic mass is 79.9. The van der Waals surface area contributed by atoms with Gasteiger partial charge in [-0.2, -0.15) is 0 Å². The van der Waals surface area contributed by atoms with Gasteiger partial charge < -0.3 is 4.57 Å². The quantitative estimate of drug-likeness (QED) is 0.309. The number of aromatic nitrogens is 1. The first-order chi connectivity index (χ1) is 11.8. The summed E-state index contributed by atoms with van der Waals surface area (Å²) in [7, 11) is 0. The van der Waals surface area contributed by atoms with Crippen LogP contribution in [0.15, 0.2) is 89.4 Å². The summed E-state index contributed by atoms with van der Waals surface area (Å²) in [5, 5.41) is 5.06. The van der Waals surface area contributed by atoms with Crippen molar-refractivity contribution in [1.29, 1.82) is 0 Å². The average molecular weight is 372 g/mol. The summed E-state index contributed by atoms with van der Waals surface area (Å²) in [5.41, 5.74) is 3.68. The van der Waals surface area contributed by atoms with E-state index in [1.807, 2.05) is 0 Å². The summed E-state index contributed by atoms with van der Waals surface area (Å²) in [6.07, 6.45) is 0. The van der Waals surface area contributed by atoms with Crippen LogP contribution in [-0.2, 0) is 0 Å². The molecule has 0 unspecified atom stereocenters. The van der Waals surface area contributed by atoms with Crippen LogP contribution in [0.4, 0.5) is 0 Å². The predicted octanol–water partition coefficient (Wildman–Crippen LogP) is 6.70. The molecule has 1 aromatic heterocycles. The molecule has 0 atom stereocenters. The Balaban J connectivity index is 2.04. The van der Waals surface area contributed by atoms with Gasteiger partial charge in [-0.1, -0.05) is 76.6 Å². The van der Waals surface area contributed by atoms with Crippen molar-refractivity contribution in [2.45, 2.75) is 0 Å². The molecule has 0 aliphatic rings. The molecule has 5 rings (SSSR count). The van der Waals surface area contributed by atoms with Crippen LogP contribution in [-0.4, -0.2) is 4.57 Å². The third kappa shape index (κ3) is 1.87. The number of para-hydroxylation sites is 1. The van der Waals surface area contributed by atoms with Crippen molar-refractivity contribution >= 4 is 48.5 Å². The molecule has 0 amide bonds. The molecule has 0 bridgehead atoms. The fourth-order valence-electron chi connectivity index (χ4n) is 3.64. The van der Waals surface area contributed by atoms with Crippen molar-refractivity contribution in [2.75, 3.05) is 0 Å². The number of benzene rings is 4. The van der Waals surface area contributed by atoms with Crippen LogP contribution >= 0.6 is 15.9 Å². The molecule has 1 nitrogen and oxygen atoms in total. The van der Waals surface area contributed by atoms with Crippen molar-refractivity contribution in [3.05, 3.63) is 89.4 Å². The van der Waals surface area contributed by atoms with Crippen LogP contribution in [0.1, 0.15) is 0 Å². The summed E-state index contributed by atoms with van der Waals surface area (Å²) in [4.78, 5) is 0. The maximum absolute atomic E-state index is 3.74. The Morgan fingerprint density at radius 1 is 0.583 bits per heavy atom. The van der Waals surface area contributed by atoms with Gasteiger partial charge in [0, 0.05) is 20.6 Å². The SMILES string of the molecule is Brc1cccc2c1c1ccccc1n2-c1cccc2ccccc12. The fourth-order valence-corrected chi connectivity index (χ4v) is 4.21. The zero-order valence-corrected chi connectivity index (χ0v) is 14.5. The Morgan fingerprint density at radius 2 is 1.25 bits per heavy atom. The van der Waals surface area contributed by atoms with E-state index in [0.717, 1.165) is 4.47 Å². The lowest BCUT2D eigenvalue weighted by Gasteiger charge is -2.11. The lowest BCUT2D eigenvalue weighted by molar-refractivity contribution is 1.20. The molecule has 0 saturated carbocycles. The van der Waals surface area contributed by atoms with E-state index in [4.69, 9.17) is 0 Å². The first-order valence-corrected chi connectivity index (χ1v) is 8.80. The van der Waals surface area contributed by atoms with Gasteiger partial charge in [0.2, 0.25) is 0 Å². The molecule has 0 saturated heterocycles.